The van der Waals surface area contributed by atoms with E-state index in [9.17, 15) is 0 Å². The summed E-state index contributed by atoms with van der Waals surface area (Å²) >= 11 is 6.10. The molecule has 0 amide bonds. The van der Waals surface area contributed by atoms with Gasteiger partial charge in [-0.15, -0.1) is 12.6 Å². The van der Waals surface area contributed by atoms with E-state index in [1.54, 1.807) is 11.3 Å². The van der Waals surface area contributed by atoms with Crippen LogP contribution >= 0.6 is 24.0 Å². The molecule has 0 nitrogen and oxygen atoms in total. The van der Waals surface area contributed by atoms with Crippen LogP contribution < -0.4 is 0 Å². The second kappa shape index (κ2) is 17.4. The first-order valence-corrected chi connectivity index (χ1v) is 5.07. The third-order valence-electron chi connectivity index (χ3n) is 1.74. The van der Waals surface area contributed by atoms with Crippen LogP contribution in [-0.4, -0.2) is 18.0 Å². The molecule has 1 unspecified atom stereocenters. The van der Waals surface area contributed by atoms with Crippen molar-refractivity contribution in [3.05, 3.63) is 41.1 Å². The Morgan fingerprint density at radius 2 is 1.32 bits per heavy atom. The molecule has 1 aromatic heterocycles. The predicted molar refractivity (Wildman–Crippen MR) is 82.0 cm³/mol. The van der Waals surface area contributed by atoms with Gasteiger partial charge in [-0.25, -0.2) is 0 Å². The summed E-state index contributed by atoms with van der Waals surface area (Å²) in [7, 11) is 0. The van der Waals surface area contributed by atoms with Crippen LogP contribution in [0.3, 0.4) is 0 Å². The Hall–Kier alpha value is -0.592. The van der Waals surface area contributed by atoms with Gasteiger partial charge in [0.25, 0.3) is 0 Å². The van der Waals surface area contributed by atoms with Gasteiger partial charge in [0.2, 0.25) is 0 Å². The van der Waals surface area contributed by atoms with Gasteiger partial charge >= 0.3 is 18.0 Å². The van der Waals surface area contributed by atoms with E-state index in [1.165, 1.54) is 11.1 Å². The van der Waals surface area contributed by atoms with Crippen LogP contribution in [0, 0.1) is 0 Å². The molecule has 2 rings (SSSR count). The number of thiol groups is 1. The first-order chi connectivity index (χ1) is 5.88. The molecule has 1 heterocycles. The molecule has 0 N–H and O–H groups in total. The third kappa shape index (κ3) is 9.02. The molecule has 1 atom stereocenters. The number of hydrogen-bond donors (Lipinski definition) is 1. The van der Waals surface area contributed by atoms with Crippen LogP contribution in [0.25, 0.3) is 11.1 Å². The molecule has 116 valence electrons. The van der Waals surface area contributed by atoms with Gasteiger partial charge in [-0.1, -0.05) is 18.2 Å². The Morgan fingerprint density at radius 1 is 0.789 bits per heavy atom. The first kappa shape index (κ1) is 36.2. The molecule has 2 aromatic rings. The van der Waals surface area contributed by atoms with E-state index in [4.69, 9.17) is 0 Å². The Bertz CT molecular complexity index is 385. The maximum absolute atomic E-state index is 4.39. The van der Waals surface area contributed by atoms with Crippen LogP contribution in [0.2, 0.25) is 0 Å². The monoisotopic (exact) mass is 390 g/mol. The summed E-state index contributed by atoms with van der Waals surface area (Å²) in [5.74, 6) is 0. The van der Waals surface area contributed by atoms with Crippen LogP contribution in [-0.2, 0) is 0 Å². The van der Waals surface area contributed by atoms with Gasteiger partial charge in [-0.05, 0) is 34.0 Å². The zero-order chi connectivity index (χ0) is 8.39. The average molecular weight is 390 g/mol. The first-order valence-electron chi connectivity index (χ1n) is 3.68. The van der Waals surface area contributed by atoms with Crippen LogP contribution in [0.15, 0.2) is 46.0 Å². The molecule has 0 radical (unpaired) electrons. The topological polar surface area (TPSA) is 0 Å². The van der Waals surface area contributed by atoms with Gasteiger partial charge in [0.05, 0.1) is 0 Å². The third-order valence-corrected chi connectivity index (χ3v) is 2.81. The van der Waals surface area contributed by atoms with Crippen LogP contribution in [0.1, 0.15) is 0 Å². The molecule has 0 aliphatic carbocycles. The summed E-state index contributed by atoms with van der Waals surface area (Å²) in [4.78, 5) is 1.04. The molecule has 0 spiro atoms. The zero-order valence-corrected chi connectivity index (χ0v) is 14.2. The predicted octanol–water partition coefficient (Wildman–Crippen LogP) is 3.43. The number of thiophene rings is 1. The van der Waals surface area contributed by atoms with E-state index in [0.29, 0.717) is 0 Å². The van der Waals surface area contributed by atoms with Gasteiger partial charge < -0.3 is 0 Å². The van der Waals surface area contributed by atoms with Crippen molar-refractivity contribution in [3.63, 3.8) is 0 Å². The van der Waals surface area contributed by atoms with E-state index >= 15 is 0 Å². The van der Waals surface area contributed by atoms with Gasteiger partial charge in [0, 0.05) is 4.90 Å². The number of benzene rings is 1. The Morgan fingerprint density at radius 3 is 1.74 bits per heavy atom. The van der Waals surface area contributed by atoms with E-state index in [0.717, 1.165) is 4.90 Å². The van der Waals surface area contributed by atoms with Crippen molar-refractivity contribution >= 4 is 41.9 Å². The minimum atomic E-state index is 0. The molecule has 0 saturated carbocycles. The van der Waals surface area contributed by atoms with Crippen molar-refractivity contribution in [1.82, 2.24) is 0 Å². The molecule has 0 aliphatic rings. The second-order valence-electron chi connectivity index (χ2n) is 2.53. The molecular weight excluding hydrogens is 373 g/mol. The van der Waals surface area contributed by atoms with Crippen LogP contribution in [0.4, 0.5) is 28.2 Å². The molecule has 1 aromatic carbocycles. The van der Waals surface area contributed by atoms with E-state index < -0.39 is 0 Å². The van der Waals surface area contributed by atoms with Crippen molar-refractivity contribution in [2.75, 3.05) is 0 Å². The number of hydrogen-bond acceptors (Lipinski definition) is 2. The maximum atomic E-state index is 4.39. The average Bonchev–Trinajstić information content (AvgIpc) is 2.57. The van der Waals surface area contributed by atoms with Crippen molar-refractivity contribution in [2.24, 2.45) is 0 Å². The number of rotatable bonds is 1. The van der Waals surface area contributed by atoms with E-state index in [2.05, 4.69) is 35.5 Å². The zero-order valence-electron chi connectivity index (χ0n) is 9.55. The standard InChI is InChI=1S/C10H8S2.AsH3.6FH/c11-10-4-2-1-3-9(10)8-5-6-12-7-8;;;;;;;/h1-7,11H;1H3;6*1H. The van der Waals surface area contributed by atoms with Gasteiger partial charge in [-0.3, -0.25) is 28.2 Å². The summed E-state index contributed by atoms with van der Waals surface area (Å²) in [6, 6.07) is 10.2. The van der Waals surface area contributed by atoms with Gasteiger partial charge in [-0.2, -0.15) is 11.3 Å². The van der Waals surface area contributed by atoms with E-state index in [-0.39, 0.29) is 46.2 Å². The van der Waals surface area contributed by atoms with Crippen molar-refractivity contribution in [2.45, 2.75) is 4.90 Å². The molecule has 0 aliphatic heterocycles. The van der Waals surface area contributed by atoms with Gasteiger partial charge in [0.15, 0.2) is 0 Å². The normalized spacial score (nSPS) is 6.37. The fourth-order valence-corrected chi connectivity index (χ4v) is 2.08. The molecule has 0 fully saturated rings. The minimum absolute atomic E-state index is 0. The Labute approximate surface area is 127 Å². The SMILES string of the molecule is F.F.F.F.F.F.Sc1ccccc1-c1ccsc1.[AsH3]. The van der Waals surface area contributed by atoms with Crippen molar-refractivity contribution < 1.29 is 28.2 Å². The summed E-state index contributed by atoms with van der Waals surface area (Å²) in [5.41, 5.74) is 2.47. The summed E-state index contributed by atoms with van der Waals surface area (Å²) in [6.45, 7) is 0. The fraction of sp³-hybridized carbons (Fsp3) is 0. The summed E-state index contributed by atoms with van der Waals surface area (Å²) in [6.07, 6.45) is 0. The Kier molecular flexibility index (Phi) is 33.2. The van der Waals surface area contributed by atoms with E-state index in [1.807, 2.05) is 18.2 Å². The number of halogens is 6. The van der Waals surface area contributed by atoms with Crippen LogP contribution in [0.5, 0.6) is 0 Å². The molecular formula is C10H17AsF6S2. The molecule has 0 bridgehead atoms. The van der Waals surface area contributed by atoms with Crippen molar-refractivity contribution in [3.8, 4) is 11.1 Å². The molecule has 0 saturated heterocycles. The fourth-order valence-electron chi connectivity index (χ4n) is 1.14. The van der Waals surface area contributed by atoms with Gasteiger partial charge in [0.1, 0.15) is 0 Å². The summed E-state index contributed by atoms with van der Waals surface area (Å²) in [5, 5.41) is 4.21. The Balaban J connectivity index is -0.0000000604. The summed E-state index contributed by atoms with van der Waals surface area (Å²) < 4.78 is 0. The quantitative estimate of drug-likeness (QED) is 0.431. The second-order valence-corrected chi connectivity index (χ2v) is 3.79. The molecule has 19 heavy (non-hydrogen) atoms. The van der Waals surface area contributed by atoms with Crippen molar-refractivity contribution in [1.29, 1.82) is 0 Å². The molecule has 9 heteroatoms.